The van der Waals surface area contributed by atoms with Crippen LogP contribution in [0.3, 0.4) is 0 Å². The Morgan fingerprint density at radius 2 is 1.66 bits per heavy atom. The second-order valence-electron chi connectivity index (χ2n) is 13.4. The second-order valence-corrected chi connectivity index (χ2v) is 14.6. The van der Waals surface area contributed by atoms with Gasteiger partial charge in [0, 0.05) is 37.8 Å². The van der Waals surface area contributed by atoms with Gasteiger partial charge in [-0.1, -0.05) is 56.0 Å². The molecule has 1 saturated heterocycles. The number of unbranched alkanes of at least 4 members (excludes halogenated alkanes) is 5. The molecule has 294 valence electrons. The average Bonchev–Trinajstić information content (AvgIpc) is 3.55. The number of phosphoric ester groups is 1. The highest BCUT2D eigenvalue weighted by molar-refractivity contribution is 7.46. The number of rotatable bonds is 15. The normalized spacial score (nSPS) is 22.0. The fourth-order valence-corrected chi connectivity index (χ4v) is 6.62. The van der Waals surface area contributed by atoms with Crippen molar-refractivity contribution in [3.05, 3.63) is 54.1 Å². The predicted molar refractivity (Wildman–Crippen MR) is 195 cm³/mol. The molecule has 1 aliphatic heterocycles. The van der Waals surface area contributed by atoms with E-state index in [1.807, 2.05) is 22.8 Å². The molecule has 17 nitrogen and oxygen atoms in total. The van der Waals surface area contributed by atoms with Gasteiger partial charge in [0.1, 0.15) is 18.1 Å². The number of hydrogen-bond acceptors (Lipinski definition) is 9. The van der Waals surface area contributed by atoms with Gasteiger partial charge in [-0.2, -0.15) is 0 Å². The molecule has 5 atom stereocenters. The summed E-state index contributed by atoms with van der Waals surface area (Å²) in [6.07, 6.45) is 9.64. The summed E-state index contributed by atoms with van der Waals surface area (Å²) in [6.45, 7) is 2.03. The standard InChI is InChI=1S/C35H55N8O9P/c1-24(52-53(49,50)51)31-35(48)40-28(32(37)45)16-10-11-19-39-30(44)18-17-27(36)33(46)41-29(34(47)42-31)21-26-22-38-23-43(26)20-12-5-3-2-4-7-13-25-14-8-6-9-15-25/h6,8-9,14-15,22-24,27-29,31H,2-5,7,10-13,16-21,36H2,1H3,(H2,37,45)(H,39,44)(H,40,48)(H,41,46)(H,42,47)(H2,49,50,51)/t24-,27+,28+,29+,31+/m1/s1. The number of carbonyl (C=O) groups is 5. The maximum atomic E-state index is 13.9. The molecule has 18 heteroatoms. The third-order valence-electron chi connectivity index (χ3n) is 9.08. The van der Waals surface area contributed by atoms with Crippen LogP contribution in [0.25, 0.3) is 0 Å². The SMILES string of the molecule is C[C@@H](OP(=O)(O)O)[C@@H]1NC(=O)[C@H](Cc2cncn2CCCCCCCCc2ccccc2)NC(=O)[C@@H](N)CCC(=O)NCCCC[C@@H](C(N)=O)NC1=O. The van der Waals surface area contributed by atoms with Gasteiger partial charge in [-0.15, -0.1) is 0 Å². The molecule has 2 aromatic rings. The molecule has 1 aliphatic rings. The summed E-state index contributed by atoms with van der Waals surface area (Å²) in [7, 11) is -5.14. The van der Waals surface area contributed by atoms with Gasteiger partial charge in [0.2, 0.25) is 29.5 Å². The number of imidazole rings is 1. The van der Waals surface area contributed by atoms with E-state index in [4.69, 9.17) is 16.0 Å². The molecule has 1 fully saturated rings. The third kappa shape index (κ3) is 16.2. The largest absolute Gasteiger partial charge is 0.469 e. The first-order valence-corrected chi connectivity index (χ1v) is 19.8. The van der Waals surface area contributed by atoms with Crippen LogP contribution in [0, 0.1) is 0 Å². The smallest absolute Gasteiger partial charge is 0.368 e. The van der Waals surface area contributed by atoms with Crippen molar-refractivity contribution in [2.24, 2.45) is 11.5 Å². The lowest BCUT2D eigenvalue weighted by molar-refractivity contribution is -0.135. The van der Waals surface area contributed by atoms with E-state index >= 15 is 0 Å². The van der Waals surface area contributed by atoms with E-state index < -0.39 is 61.7 Å². The Bertz CT molecular complexity index is 1540. The van der Waals surface area contributed by atoms with E-state index in [1.165, 1.54) is 12.5 Å². The second kappa shape index (κ2) is 22.2. The zero-order chi connectivity index (χ0) is 38.8. The molecule has 1 aromatic carbocycles. The predicted octanol–water partition coefficient (Wildman–Crippen LogP) is 0.854. The number of nitrogens with two attached hydrogens (primary N) is 2. The number of hydrogen-bond donors (Lipinski definition) is 8. The molecule has 3 rings (SSSR count). The highest BCUT2D eigenvalue weighted by atomic mass is 31.2. The maximum Gasteiger partial charge on any atom is 0.469 e. The summed E-state index contributed by atoms with van der Waals surface area (Å²) in [5.74, 6) is -3.83. The minimum atomic E-state index is -5.14. The van der Waals surface area contributed by atoms with Gasteiger partial charge in [-0.05, 0) is 57.4 Å². The number of aromatic nitrogens is 2. The van der Waals surface area contributed by atoms with Crippen molar-refractivity contribution in [3.63, 3.8) is 0 Å². The number of nitrogens with one attached hydrogen (secondary N) is 4. The first-order chi connectivity index (χ1) is 25.2. The summed E-state index contributed by atoms with van der Waals surface area (Å²) >= 11 is 0. The molecular formula is C35H55N8O9P. The van der Waals surface area contributed by atoms with E-state index in [0.29, 0.717) is 25.1 Å². The van der Waals surface area contributed by atoms with E-state index in [0.717, 1.165) is 44.9 Å². The number of nitrogens with zero attached hydrogens (tertiary/aromatic N) is 2. The van der Waals surface area contributed by atoms with Gasteiger partial charge in [-0.25, -0.2) is 9.55 Å². The first kappa shape index (κ1) is 43.3. The van der Waals surface area contributed by atoms with Crippen molar-refractivity contribution in [3.8, 4) is 0 Å². The van der Waals surface area contributed by atoms with E-state index in [-0.39, 0.29) is 38.1 Å². The van der Waals surface area contributed by atoms with Gasteiger partial charge in [0.05, 0.1) is 18.5 Å². The van der Waals surface area contributed by atoms with Crippen LogP contribution in [-0.2, 0) is 52.4 Å². The Hall–Kier alpha value is -4.15. The number of primary amides is 1. The number of aryl methyl sites for hydroxylation is 2. The minimum absolute atomic E-state index is 0.0157. The van der Waals surface area contributed by atoms with Crippen LogP contribution in [0.2, 0.25) is 0 Å². The highest BCUT2D eigenvalue weighted by Crippen LogP contribution is 2.38. The van der Waals surface area contributed by atoms with Crippen LogP contribution in [0.5, 0.6) is 0 Å². The fraction of sp³-hybridized carbons (Fsp3) is 0.600. The summed E-state index contributed by atoms with van der Waals surface area (Å²) in [4.78, 5) is 88.4. The molecule has 0 spiro atoms. The van der Waals surface area contributed by atoms with E-state index in [1.54, 1.807) is 12.5 Å². The molecule has 5 amide bonds. The Kier molecular flexibility index (Phi) is 18.1. The molecule has 0 aliphatic carbocycles. The van der Waals surface area contributed by atoms with Crippen LogP contribution >= 0.6 is 7.82 Å². The molecule has 53 heavy (non-hydrogen) atoms. The van der Waals surface area contributed by atoms with Crippen LogP contribution in [0.1, 0.15) is 88.8 Å². The Morgan fingerprint density at radius 1 is 0.962 bits per heavy atom. The summed E-state index contributed by atoms with van der Waals surface area (Å²) < 4.78 is 18.3. The molecule has 0 saturated carbocycles. The lowest BCUT2D eigenvalue weighted by atomic mass is 10.0. The van der Waals surface area contributed by atoms with Crippen LogP contribution in [0.4, 0.5) is 0 Å². The molecular weight excluding hydrogens is 707 g/mol. The van der Waals surface area contributed by atoms with Crippen molar-refractivity contribution in [1.82, 2.24) is 30.8 Å². The zero-order valence-electron chi connectivity index (χ0n) is 30.3. The minimum Gasteiger partial charge on any atom is -0.368 e. The molecule has 1 aromatic heterocycles. The molecule has 0 unspecified atom stereocenters. The van der Waals surface area contributed by atoms with Crippen molar-refractivity contribution in [2.75, 3.05) is 6.54 Å². The number of amides is 5. The van der Waals surface area contributed by atoms with Gasteiger partial charge in [0.25, 0.3) is 0 Å². The van der Waals surface area contributed by atoms with Gasteiger partial charge in [-0.3, -0.25) is 28.5 Å². The van der Waals surface area contributed by atoms with Crippen molar-refractivity contribution >= 4 is 37.4 Å². The highest BCUT2D eigenvalue weighted by Gasteiger charge is 2.36. The van der Waals surface area contributed by atoms with E-state index in [2.05, 4.69) is 38.4 Å². The monoisotopic (exact) mass is 762 g/mol. The first-order valence-electron chi connectivity index (χ1n) is 18.2. The zero-order valence-corrected chi connectivity index (χ0v) is 31.2. The number of benzene rings is 1. The van der Waals surface area contributed by atoms with Gasteiger partial charge >= 0.3 is 7.82 Å². The van der Waals surface area contributed by atoms with Crippen LogP contribution in [0.15, 0.2) is 42.9 Å². The summed E-state index contributed by atoms with van der Waals surface area (Å²) in [5.41, 5.74) is 13.6. The molecule has 0 radical (unpaired) electrons. The number of phosphoric acid groups is 1. The van der Waals surface area contributed by atoms with Gasteiger partial charge < -0.3 is 47.1 Å². The van der Waals surface area contributed by atoms with Crippen molar-refractivity contribution in [1.29, 1.82) is 0 Å². The molecule has 0 bridgehead atoms. The van der Waals surface area contributed by atoms with Gasteiger partial charge in [0.15, 0.2) is 0 Å². The summed E-state index contributed by atoms with van der Waals surface area (Å²) in [5, 5.41) is 10.2. The lowest BCUT2D eigenvalue weighted by Gasteiger charge is -2.29. The average molecular weight is 763 g/mol. The van der Waals surface area contributed by atoms with Crippen LogP contribution < -0.4 is 32.7 Å². The van der Waals surface area contributed by atoms with Crippen molar-refractivity contribution in [2.45, 2.75) is 127 Å². The Morgan fingerprint density at radius 3 is 2.36 bits per heavy atom. The van der Waals surface area contributed by atoms with E-state index in [9.17, 15) is 38.3 Å². The summed E-state index contributed by atoms with van der Waals surface area (Å²) in [6, 6.07) is 4.97. The molecule has 10 N–H and O–H groups in total. The maximum absolute atomic E-state index is 13.9. The lowest BCUT2D eigenvalue weighted by Crippen LogP contribution is -2.60. The van der Waals surface area contributed by atoms with Crippen LogP contribution in [-0.4, -0.2) is 85.7 Å². The Labute approximate surface area is 310 Å². The van der Waals surface area contributed by atoms with Crippen molar-refractivity contribution < 1.29 is 42.8 Å². The number of carbonyl (C=O) groups excluding carboxylic acids is 5. The third-order valence-corrected chi connectivity index (χ3v) is 9.68. The Balaban J connectivity index is 1.74. The molecule has 2 heterocycles. The topological polar surface area (TPSA) is 270 Å². The quantitative estimate of drug-likeness (QED) is 0.0931. The fourth-order valence-electron chi connectivity index (χ4n) is 6.06.